The number of nitrogens with zero attached hydrogens (tertiary/aromatic N) is 6. The Kier molecular flexibility index (Phi) is 3.97. The number of nitrogens with one attached hydrogen (secondary N) is 1. The molecule has 0 bridgehead atoms. The fourth-order valence-electron chi connectivity index (χ4n) is 2.42. The van der Waals surface area contributed by atoms with Crippen molar-refractivity contribution in [2.45, 2.75) is 39.7 Å². The Morgan fingerprint density at radius 2 is 2.00 bits per heavy atom. The maximum Gasteiger partial charge on any atom is 0.280 e. The normalized spacial score (nSPS) is 12.1. The molecule has 0 aromatic carbocycles. The van der Waals surface area contributed by atoms with Gasteiger partial charge >= 0.3 is 0 Å². The predicted octanol–water partition coefficient (Wildman–Crippen LogP) is 2.57. The van der Waals surface area contributed by atoms with E-state index in [1.165, 1.54) is 18.6 Å². The van der Waals surface area contributed by atoms with Crippen molar-refractivity contribution >= 4 is 17.5 Å². The zero-order valence-electron chi connectivity index (χ0n) is 14.2. The molecule has 132 valence electrons. The van der Waals surface area contributed by atoms with Crippen molar-refractivity contribution < 1.29 is 13.6 Å². The highest BCUT2D eigenvalue weighted by molar-refractivity contribution is 6.07. The minimum atomic E-state index is -2.73. The van der Waals surface area contributed by atoms with Gasteiger partial charge in [-0.05, 0) is 33.8 Å². The lowest BCUT2D eigenvalue weighted by Gasteiger charge is -2.20. The monoisotopic (exact) mass is 349 g/mol. The lowest BCUT2D eigenvalue weighted by Crippen LogP contribution is -2.27. The van der Waals surface area contributed by atoms with Crippen molar-refractivity contribution in [2.75, 3.05) is 5.32 Å². The largest absolute Gasteiger partial charge is 0.290 e. The second-order valence-corrected chi connectivity index (χ2v) is 6.54. The molecule has 25 heavy (non-hydrogen) atoms. The molecule has 0 aliphatic heterocycles. The van der Waals surface area contributed by atoms with Crippen LogP contribution in [0.4, 0.5) is 14.7 Å². The molecule has 0 radical (unpaired) electrons. The fourth-order valence-corrected chi connectivity index (χ4v) is 2.42. The zero-order chi connectivity index (χ0) is 18.4. The first-order chi connectivity index (χ1) is 11.7. The lowest BCUT2D eigenvalue weighted by atomic mass is 10.1. The molecule has 0 saturated heterocycles. The van der Waals surface area contributed by atoms with E-state index in [-0.39, 0.29) is 22.9 Å². The van der Waals surface area contributed by atoms with Gasteiger partial charge in [-0.1, -0.05) is 0 Å². The van der Waals surface area contributed by atoms with Gasteiger partial charge in [-0.15, -0.1) is 0 Å². The molecule has 0 spiro atoms. The maximum atomic E-state index is 13.2. The summed E-state index contributed by atoms with van der Waals surface area (Å²) in [6.45, 7) is 7.31. The van der Waals surface area contributed by atoms with E-state index in [1.807, 2.05) is 20.8 Å². The first-order valence-corrected chi connectivity index (χ1v) is 7.54. The lowest BCUT2D eigenvalue weighted by molar-refractivity contribution is 0.102. The molecule has 0 aliphatic carbocycles. The summed E-state index contributed by atoms with van der Waals surface area (Å²) in [5.41, 5.74) is -0.198. The molecule has 0 fully saturated rings. The van der Waals surface area contributed by atoms with Gasteiger partial charge in [0, 0.05) is 5.69 Å². The van der Waals surface area contributed by atoms with Crippen LogP contribution in [-0.2, 0) is 5.54 Å². The number of fused-ring (bicyclic) bond motifs is 1. The average molecular weight is 349 g/mol. The van der Waals surface area contributed by atoms with E-state index in [9.17, 15) is 13.6 Å². The number of aryl methyl sites for hydroxylation is 1. The van der Waals surface area contributed by atoms with E-state index >= 15 is 0 Å². The highest BCUT2D eigenvalue weighted by Gasteiger charge is 2.23. The van der Waals surface area contributed by atoms with Gasteiger partial charge in [-0.3, -0.25) is 10.1 Å². The Labute approximate surface area is 141 Å². The number of rotatable bonds is 3. The van der Waals surface area contributed by atoms with E-state index in [0.717, 1.165) is 4.52 Å². The number of halogens is 2. The van der Waals surface area contributed by atoms with Gasteiger partial charge in [0.05, 0.1) is 11.7 Å². The molecule has 0 aliphatic rings. The number of carbonyl (C=O) groups excluding carboxylic acids is 1. The number of alkyl halides is 2. The molecule has 3 rings (SSSR count). The van der Waals surface area contributed by atoms with E-state index in [0.29, 0.717) is 5.69 Å². The van der Waals surface area contributed by atoms with Crippen molar-refractivity contribution in [1.29, 1.82) is 0 Å². The van der Waals surface area contributed by atoms with Crippen molar-refractivity contribution in [1.82, 2.24) is 29.4 Å². The fraction of sp³-hybridized carbons (Fsp3) is 0.400. The number of hydrogen-bond donors (Lipinski definition) is 1. The van der Waals surface area contributed by atoms with Gasteiger partial charge in [-0.2, -0.15) is 15.2 Å². The van der Waals surface area contributed by atoms with Crippen LogP contribution in [-0.4, -0.2) is 35.3 Å². The minimum absolute atomic E-state index is 0.0645. The first kappa shape index (κ1) is 16.9. The minimum Gasteiger partial charge on any atom is -0.290 e. The van der Waals surface area contributed by atoms with Gasteiger partial charge in [0.2, 0.25) is 5.95 Å². The van der Waals surface area contributed by atoms with Crippen LogP contribution in [0.2, 0.25) is 0 Å². The third-order valence-corrected chi connectivity index (χ3v) is 3.50. The number of carbonyl (C=O) groups is 1. The smallest absolute Gasteiger partial charge is 0.280 e. The summed E-state index contributed by atoms with van der Waals surface area (Å²) in [6, 6.07) is 1.24. The Morgan fingerprint density at radius 3 is 2.64 bits per heavy atom. The van der Waals surface area contributed by atoms with Gasteiger partial charge in [0.15, 0.2) is 5.65 Å². The molecule has 0 atom stereocenters. The first-order valence-electron chi connectivity index (χ1n) is 7.54. The van der Waals surface area contributed by atoms with E-state index < -0.39 is 17.9 Å². The van der Waals surface area contributed by atoms with E-state index in [4.69, 9.17) is 0 Å². The van der Waals surface area contributed by atoms with Crippen molar-refractivity contribution in [3.05, 3.63) is 35.5 Å². The number of hydrogen-bond acceptors (Lipinski definition) is 5. The summed E-state index contributed by atoms with van der Waals surface area (Å²) < 4.78 is 28.9. The summed E-state index contributed by atoms with van der Waals surface area (Å²) >= 11 is 0. The van der Waals surface area contributed by atoms with Crippen molar-refractivity contribution in [3.8, 4) is 0 Å². The highest BCUT2D eigenvalue weighted by atomic mass is 19.3. The second kappa shape index (κ2) is 5.87. The van der Waals surface area contributed by atoms with Crippen LogP contribution in [0.3, 0.4) is 0 Å². The summed E-state index contributed by atoms with van der Waals surface area (Å²) in [5.74, 6) is -0.301. The molecule has 10 heteroatoms. The van der Waals surface area contributed by atoms with Crippen LogP contribution in [0.5, 0.6) is 0 Å². The van der Waals surface area contributed by atoms with Crippen LogP contribution >= 0.6 is 0 Å². The van der Waals surface area contributed by atoms with Crippen molar-refractivity contribution in [2.24, 2.45) is 0 Å². The highest BCUT2D eigenvalue weighted by Crippen LogP contribution is 2.23. The summed E-state index contributed by atoms with van der Waals surface area (Å²) in [4.78, 5) is 20.8. The third kappa shape index (κ3) is 3.06. The van der Waals surface area contributed by atoms with Crippen LogP contribution in [0.1, 0.15) is 48.9 Å². The van der Waals surface area contributed by atoms with E-state index in [1.54, 1.807) is 11.6 Å². The Bertz CT molecular complexity index is 939. The summed E-state index contributed by atoms with van der Waals surface area (Å²) in [5, 5.41) is 10.6. The average Bonchev–Trinajstić information content (AvgIpc) is 3.11. The van der Waals surface area contributed by atoms with Gasteiger partial charge < -0.3 is 0 Å². The standard InChI is InChI=1S/C15H17F2N7O/c1-8-5-10(11(16)17)23-12(21-8)9(6-19-23)13(25)22-14-18-7-20-24(14)15(2,3)4/h5-7,11H,1-4H3,(H,18,20,22,25). The van der Waals surface area contributed by atoms with Crippen molar-refractivity contribution in [3.63, 3.8) is 0 Å². The molecule has 3 aromatic heterocycles. The summed E-state index contributed by atoms with van der Waals surface area (Å²) in [6.07, 6.45) is -0.196. The molecule has 1 amide bonds. The molecule has 0 unspecified atom stereocenters. The number of anilines is 1. The molecule has 0 saturated carbocycles. The zero-order valence-corrected chi connectivity index (χ0v) is 14.2. The van der Waals surface area contributed by atoms with Crippen LogP contribution in [0.15, 0.2) is 18.6 Å². The second-order valence-electron chi connectivity index (χ2n) is 6.54. The van der Waals surface area contributed by atoms with Crippen LogP contribution < -0.4 is 5.32 Å². The Balaban J connectivity index is 2.01. The number of amides is 1. The molecular weight excluding hydrogens is 332 g/mol. The molecular formula is C15H17F2N7O. The molecule has 3 heterocycles. The Hall–Kier alpha value is -2.91. The van der Waals surface area contributed by atoms with Gasteiger partial charge in [0.25, 0.3) is 12.3 Å². The van der Waals surface area contributed by atoms with E-state index in [2.05, 4.69) is 25.5 Å². The van der Waals surface area contributed by atoms with Crippen LogP contribution in [0, 0.1) is 6.92 Å². The molecule has 3 aromatic rings. The van der Waals surface area contributed by atoms with Gasteiger partial charge in [0.1, 0.15) is 17.6 Å². The third-order valence-electron chi connectivity index (χ3n) is 3.50. The quantitative estimate of drug-likeness (QED) is 0.785. The number of aromatic nitrogens is 6. The molecule has 8 nitrogen and oxygen atoms in total. The topological polar surface area (TPSA) is 90.0 Å². The predicted molar refractivity (Wildman–Crippen MR) is 85.7 cm³/mol. The Morgan fingerprint density at radius 1 is 1.28 bits per heavy atom. The molecule has 1 N–H and O–H groups in total. The van der Waals surface area contributed by atoms with Crippen LogP contribution in [0.25, 0.3) is 5.65 Å². The SMILES string of the molecule is Cc1cc(C(F)F)n2ncc(C(=O)Nc3ncnn3C(C)(C)C)c2n1. The maximum absolute atomic E-state index is 13.2. The van der Waals surface area contributed by atoms with Gasteiger partial charge in [-0.25, -0.2) is 23.0 Å². The summed E-state index contributed by atoms with van der Waals surface area (Å²) in [7, 11) is 0.